The molecule has 0 unspecified atom stereocenters. The summed E-state index contributed by atoms with van der Waals surface area (Å²) in [6, 6.07) is 20.1. The average Bonchev–Trinajstić information content (AvgIpc) is 2.72. The number of nitrogens with one attached hydrogen (secondary N) is 1. The topological polar surface area (TPSA) is 70.9 Å². The van der Waals surface area contributed by atoms with Crippen molar-refractivity contribution in [3.63, 3.8) is 0 Å². The van der Waals surface area contributed by atoms with E-state index in [0.29, 0.717) is 16.9 Å². The molecule has 3 aromatic carbocycles. The predicted molar refractivity (Wildman–Crippen MR) is 105 cm³/mol. The van der Waals surface area contributed by atoms with E-state index in [0.717, 1.165) is 10.8 Å². The van der Waals surface area contributed by atoms with E-state index in [1.54, 1.807) is 24.3 Å². The Kier molecular flexibility index (Phi) is 5.83. The van der Waals surface area contributed by atoms with E-state index < -0.39 is 12.0 Å². The van der Waals surface area contributed by atoms with Gasteiger partial charge in [0, 0.05) is 5.56 Å². The van der Waals surface area contributed by atoms with Gasteiger partial charge in [-0.15, -0.1) is 6.42 Å². The number of aliphatic hydroxyl groups is 1. The number of terminal acetylenes is 1. The number of hydrogen-bond donors (Lipinski definition) is 2. The molecule has 0 aromatic heterocycles. The summed E-state index contributed by atoms with van der Waals surface area (Å²) in [6.07, 6.45) is 5.47. The SMILES string of the molecule is C#CCOc1ccc2ccccc2c1/C=N\NC(=O)[C@@H](O)c1ccccc1. The predicted octanol–water partition coefficient (Wildman–Crippen LogP) is 3.04. The lowest BCUT2D eigenvalue weighted by Crippen LogP contribution is -2.25. The number of hydrazone groups is 1. The van der Waals surface area contributed by atoms with E-state index in [4.69, 9.17) is 11.2 Å². The molecule has 0 saturated carbocycles. The van der Waals surface area contributed by atoms with Crippen molar-refractivity contribution in [2.45, 2.75) is 6.10 Å². The maximum atomic E-state index is 12.1. The average molecular weight is 358 g/mol. The first-order valence-corrected chi connectivity index (χ1v) is 8.34. The first-order valence-electron chi connectivity index (χ1n) is 8.34. The molecule has 1 atom stereocenters. The second kappa shape index (κ2) is 8.65. The van der Waals surface area contributed by atoms with Crippen LogP contribution in [0.2, 0.25) is 0 Å². The van der Waals surface area contributed by atoms with Gasteiger partial charge in [0.15, 0.2) is 6.10 Å². The number of amides is 1. The van der Waals surface area contributed by atoms with Crippen LogP contribution in [0.15, 0.2) is 71.8 Å². The molecule has 0 aliphatic carbocycles. The fourth-order valence-electron chi connectivity index (χ4n) is 2.66. The third-order valence-corrected chi connectivity index (χ3v) is 3.97. The number of hydrogen-bond acceptors (Lipinski definition) is 4. The Morgan fingerprint density at radius 3 is 2.67 bits per heavy atom. The summed E-state index contributed by atoms with van der Waals surface area (Å²) in [5, 5.41) is 16.0. The molecule has 3 aromatic rings. The Labute approximate surface area is 157 Å². The zero-order chi connectivity index (χ0) is 19.1. The molecule has 0 radical (unpaired) electrons. The molecular formula is C22H18N2O3. The van der Waals surface area contributed by atoms with Gasteiger partial charge in [0.25, 0.3) is 5.91 Å². The molecule has 0 saturated heterocycles. The molecule has 3 rings (SSSR count). The number of nitrogens with zero attached hydrogens (tertiary/aromatic N) is 1. The van der Waals surface area contributed by atoms with Crippen molar-refractivity contribution in [3.05, 3.63) is 77.9 Å². The lowest BCUT2D eigenvalue weighted by Gasteiger charge is -2.11. The van der Waals surface area contributed by atoms with Gasteiger partial charge in [-0.1, -0.05) is 66.6 Å². The number of carbonyl (C=O) groups excluding carboxylic acids is 1. The Balaban J connectivity index is 1.82. The maximum Gasteiger partial charge on any atom is 0.273 e. The lowest BCUT2D eigenvalue weighted by atomic mass is 10.0. The largest absolute Gasteiger partial charge is 0.480 e. The molecule has 0 heterocycles. The van der Waals surface area contributed by atoms with Crippen LogP contribution in [0.1, 0.15) is 17.2 Å². The number of benzene rings is 3. The van der Waals surface area contributed by atoms with E-state index >= 15 is 0 Å². The highest BCUT2D eigenvalue weighted by atomic mass is 16.5. The summed E-state index contributed by atoms with van der Waals surface area (Å²) < 4.78 is 5.58. The van der Waals surface area contributed by atoms with Crippen molar-refractivity contribution < 1.29 is 14.6 Å². The smallest absolute Gasteiger partial charge is 0.273 e. The van der Waals surface area contributed by atoms with Crippen LogP contribution in [-0.2, 0) is 4.79 Å². The monoisotopic (exact) mass is 358 g/mol. The fourth-order valence-corrected chi connectivity index (χ4v) is 2.66. The van der Waals surface area contributed by atoms with Crippen molar-refractivity contribution in [2.24, 2.45) is 5.10 Å². The molecule has 1 amide bonds. The highest BCUT2D eigenvalue weighted by Crippen LogP contribution is 2.26. The Morgan fingerprint density at radius 1 is 1.15 bits per heavy atom. The van der Waals surface area contributed by atoms with Crippen LogP contribution in [0.3, 0.4) is 0 Å². The van der Waals surface area contributed by atoms with Crippen LogP contribution in [0.5, 0.6) is 5.75 Å². The summed E-state index contributed by atoms with van der Waals surface area (Å²) in [5.41, 5.74) is 3.55. The summed E-state index contributed by atoms with van der Waals surface area (Å²) in [7, 11) is 0. The standard InChI is InChI=1S/C22H18N2O3/c1-2-14-27-20-13-12-16-8-6-7-11-18(16)19(20)15-23-24-22(26)21(25)17-9-4-3-5-10-17/h1,3-13,15,21,25H,14H2,(H,24,26)/b23-15-/t21-/m0/s1. The number of aliphatic hydroxyl groups excluding tert-OH is 1. The Morgan fingerprint density at radius 2 is 1.89 bits per heavy atom. The summed E-state index contributed by atoms with van der Waals surface area (Å²) >= 11 is 0. The summed E-state index contributed by atoms with van der Waals surface area (Å²) in [6.45, 7) is 0.123. The molecule has 27 heavy (non-hydrogen) atoms. The van der Waals surface area contributed by atoms with E-state index in [9.17, 15) is 9.90 Å². The van der Waals surface area contributed by atoms with Crippen molar-refractivity contribution in [1.29, 1.82) is 0 Å². The van der Waals surface area contributed by atoms with Gasteiger partial charge in [0.05, 0.1) is 6.21 Å². The van der Waals surface area contributed by atoms with Crippen LogP contribution in [0, 0.1) is 12.3 Å². The van der Waals surface area contributed by atoms with Crippen molar-refractivity contribution >= 4 is 22.9 Å². The highest BCUT2D eigenvalue weighted by Gasteiger charge is 2.16. The van der Waals surface area contributed by atoms with Gasteiger partial charge in [-0.3, -0.25) is 4.79 Å². The van der Waals surface area contributed by atoms with Gasteiger partial charge in [-0.2, -0.15) is 5.10 Å². The van der Waals surface area contributed by atoms with Gasteiger partial charge >= 0.3 is 0 Å². The van der Waals surface area contributed by atoms with Crippen LogP contribution in [0.25, 0.3) is 10.8 Å². The molecular weight excluding hydrogens is 340 g/mol. The zero-order valence-electron chi connectivity index (χ0n) is 14.5. The lowest BCUT2D eigenvalue weighted by molar-refractivity contribution is -0.129. The number of carbonyl (C=O) groups is 1. The van der Waals surface area contributed by atoms with Gasteiger partial charge in [-0.25, -0.2) is 5.43 Å². The molecule has 0 aliphatic heterocycles. The van der Waals surface area contributed by atoms with Crippen molar-refractivity contribution in [1.82, 2.24) is 5.43 Å². The van der Waals surface area contributed by atoms with E-state index in [2.05, 4.69) is 16.4 Å². The first kappa shape index (κ1) is 18.2. The normalized spacial score (nSPS) is 11.9. The van der Waals surface area contributed by atoms with Gasteiger partial charge in [0.2, 0.25) is 0 Å². The molecule has 134 valence electrons. The molecule has 2 N–H and O–H groups in total. The Hall–Kier alpha value is -3.62. The highest BCUT2D eigenvalue weighted by molar-refractivity contribution is 6.02. The quantitative estimate of drug-likeness (QED) is 0.404. The van der Waals surface area contributed by atoms with Crippen LogP contribution >= 0.6 is 0 Å². The molecule has 0 spiro atoms. The maximum absolute atomic E-state index is 12.1. The molecule has 0 bridgehead atoms. The summed E-state index contributed by atoms with van der Waals surface area (Å²) in [4.78, 5) is 12.1. The third kappa shape index (κ3) is 4.32. The fraction of sp³-hybridized carbons (Fsp3) is 0.0909. The molecule has 5 nitrogen and oxygen atoms in total. The molecule has 5 heteroatoms. The van der Waals surface area contributed by atoms with Gasteiger partial charge in [-0.05, 0) is 22.4 Å². The number of rotatable bonds is 6. The minimum Gasteiger partial charge on any atom is -0.480 e. The molecule has 0 fully saturated rings. The second-order valence-electron chi connectivity index (χ2n) is 5.74. The molecule has 0 aliphatic rings. The minimum atomic E-state index is -1.30. The summed E-state index contributed by atoms with van der Waals surface area (Å²) in [5.74, 6) is 2.37. The van der Waals surface area contributed by atoms with E-state index in [-0.39, 0.29) is 6.61 Å². The van der Waals surface area contributed by atoms with Gasteiger partial charge in [0.1, 0.15) is 12.4 Å². The third-order valence-electron chi connectivity index (χ3n) is 3.97. The minimum absolute atomic E-state index is 0.123. The number of ether oxygens (including phenoxy) is 1. The Bertz CT molecular complexity index is 1010. The van der Waals surface area contributed by atoms with E-state index in [1.807, 2.05) is 42.5 Å². The first-order chi connectivity index (χ1) is 13.2. The van der Waals surface area contributed by atoms with Crippen molar-refractivity contribution in [3.8, 4) is 18.1 Å². The second-order valence-corrected chi connectivity index (χ2v) is 5.74. The van der Waals surface area contributed by atoms with Crippen LogP contribution < -0.4 is 10.2 Å². The zero-order valence-corrected chi connectivity index (χ0v) is 14.5. The van der Waals surface area contributed by atoms with Gasteiger partial charge < -0.3 is 9.84 Å². The van der Waals surface area contributed by atoms with Crippen molar-refractivity contribution in [2.75, 3.05) is 6.61 Å². The van der Waals surface area contributed by atoms with E-state index in [1.165, 1.54) is 6.21 Å². The number of fused-ring (bicyclic) bond motifs is 1. The van der Waals surface area contributed by atoms with Crippen LogP contribution in [-0.4, -0.2) is 23.8 Å². The van der Waals surface area contributed by atoms with Crippen LogP contribution in [0.4, 0.5) is 0 Å².